The minimum Gasteiger partial charge on any atom is -0.398 e. The van der Waals surface area contributed by atoms with Gasteiger partial charge in [-0.15, -0.1) is 12.6 Å². The highest BCUT2D eigenvalue weighted by Crippen LogP contribution is 2.33. The highest BCUT2D eigenvalue weighted by Gasteiger charge is 2.33. The lowest BCUT2D eigenvalue weighted by atomic mass is 9.80. The molecule has 1 aliphatic carbocycles. The minimum absolute atomic E-state index is 0.0390. The summed E-state index contributed by atoms with van der Waals surface area (Å²) in [5, 5.41) is 22.1. The third kappa shape index (κ3) is 8.02. The number of amides is 1. The Morgan fingerprint density at radius 3 is 2.71 bits per heavy atom. The number of halogens is 1. The first kappa shape index (κ1) is 29.1. The maximum Gasteiger partial charge on any atom is 0.207 e. The number of anilines is 1. The Balaban J connectivity index is 1.89. The van der Waals surface area contributed by atoms with E-state index in [1.807, 2.05) is 30.4 Å². The summed E-state index contributed by atoms with van der Waals surface area (Å²) in [6.07, 6.45) is 10.7. The van der Waals surface area contributed by atoms with Gasteiger partial charge in [-0.1, -0.05) is 24.3 Å². The molecule has 6 N–H and O–H groups in total. The van der Waals surface area contributed by atoms with Crippen LogP contribution in [0.2, 0.25) is 0 Å². The number of thiol groups is 1. The van der Waals surface area contributed by atoms with Crippen molar-refractivity contribution in [1.29, 1.82) is 5.26 Å². The van der Waals surface area contributed by atoms with Gasteiger partial charge >= 0.3 is 0 Å². The molecule has 0 saturated heterocycles. The van der Waals surface area contributed by atoms with E-state index in [1.54, 1.807) is 18.3 Å². The molecule has 0 aromatic heterocycles. The zero-order valence-electron chi connectivity index (χ0n) is 21.2. The summed E-state index contributed by atoms with van der Waals surface area (Å²) in [5.41, 5.74) is 14.8. The molecule has 1 aliphatic rings. The van der Waals surface area contributed by atoms with Crippen LogP contribution >= 0.6 is 12.6 Å². The molecule has 38 heavy (non-hydrogen) atoms. The summed E-state index contributed by atoms with van der Waals surface area (Å²) in [6.45, 7) is 0.893. The van der Waals surface area contributed by atoms with Crippen LogP contribution in [-0.2, 0) is 4.79 Å². The SMILES string of the molecule is N#Cc1ccc(C(/C=C/CC(N)CCCNC=O)=C(/S)c2ccc(N)c(C=NCC3(O)CCC3)c2)cc1F. The van der Waals surface area contributed by atoms with Gasteiger partial charge in [0.05, 0.1) is 17.7 Å². The Morgan fingerprint density at radius 2 is 2.05 bits per heavy atom. The van der Waals surface area contributed by atoms with E-state index in [0.29, 0.717) is 53.2 Å². The van der Waals surface area contributed by atoms with Crippen LogP contribution in [0.25, 0.3) is 10.5 Å². The van der Waals surface area contributed by atoms with E-state index in [0.717, 1.165) is 37.7 Å². The van der Waals surface area contributed by atoms with Gasteiger partial charge < -0.3 is 21.9 Å². The maximum atomic E-state index is 14.5. The van der Waals surface area contributed by atoms with Crippen LogP contribution < -0.4 is 16.8 Å². The van der Waals surface area contributed by atoms with Crippen molar-refractivity contribution in [3.63, 3.8) is 0 Å². The van der Waals surface area contributed by atoms with Crippen molar-refractivity contribution >= 4 is 41.4 Å². The molecule has 1 amide bonds. The van der Waals surface area contributed by atoms with Gasteiger partial charge in [0, 0.05) is 35.0 Å². The highest BCUT2D eigenvalue weighted by atomic mass is 32.1. The lowest BCUT2D eigenvalue weighted by Crippen LogP contribution is -2.39. The fraction of sp³-hybridized carbons (Fsp3) is 0.345. The van der Waals surface area contributed by atoms with Gasteiger partial charge in [-0.2, -0.15) is 5.26 Å². The van der Waals surface area contributed by atoms with Gasteiger partial charge in [0.1, 0.15) is 11.9 Å². The second-order valence-corrected chi connectivity index (χ2v) is 10.0. The summed E-state index contributed by atoms with van der Waals surface area (Å²) in [4.78, 5) is 15.4. The predicted octanol–water partition coefficient (Wildman–Crippen LogP) is 4.21. The van der Waals surface area contributed by atoms with Crippen LogP contribution in [-0.4, -0.2) is 42.5 Å². The van der Waals surface area contributed by atoms with Gasteiger partial charge in [0.15, 0.2) is 0 Å². The Kier molecular flexibility index (Phi) is 10.7. The zero-order valence-corrected chi connectivity index (χ0v) is 22.1. The third-order valence-corrected chi connectivity index (χ3v) is 7.12. The first-order valence-electron chi connectivity index (χ1n) is 12.6. The smallest absolute Gasteiger partial charge is 0.207 e. The normalized spacial score (nSPS) is 16.1. The lowest BCUT2D eigenvalue weighted by Gasteiger charge is -2.34. The molecule has 2 aromatic rings. The number of allylic oxidation sites excluding steroid dienone is 2. The number of aliphatic hydroxyl groups is 1. The van der Waals surface area contributed by atoms with Crippen LogP contribution in [0.15, 0.2) is 53.5 Å². The van der Waals surface area contributed by atoms with Crippen LogP contribution in [0.4, 0.5) is 10.1 Å². The number of carbonyl (C=O) groups excluding carboxylic acids is 1. The number of nitrogens with two attached hydrogens (primary N) is 2. The number of aliphatic imine (C=N–C) groups is 1. The Morgan fingerprint density at radius 1 is 1.29 bits per heavy atom. The molecule has 0 radical (unpaired) electrons. The van der Waals surface area contributed by atoms with E-state index in [2.05, 4.69) is 10.3 Å². The molecule has 9 heteroatoms. The number of hydrogen-bond acceptors (Lipinski definition) is 7. The van der Waals surface area contributed by atoms with E-state index in [1.165, 1.54) is 12.1 Å². The largest absolute Gasteiger partial charge is 0.398 e. The number of nitrogen functional groups attached to an aromatic ring is 1. The van der Waals surface area contributed by atoms with Crippen LogP contribution in [0.5, 0.6) is 0 Å². The van der Waals surface area contributed by atoms with Crippen LogP contribution in [0, 0.1) is 17.1 Å². The van der Waals surface area contributed by atoms with Crippen LogP contribution in [0.1, 0.15) is 60.8 Å². The van der Waals surface area contributed by atoms with Crippen LogP contribution in [0.3, 0.4) is 0 Å². The molecule has 0 heterocycles. The van der Waals surface area contributed by atoms with Crippen molar-refractivity contribution in [2.45, 2.75) is 50.2 Å². The van der Waals surface area contributed by atoms with E-state index in [4.69, 9.17) is 29.4 Å². The van der Waals surface area contributed by atoms with E-state index in [9.17, 15) is 14.3 Å². The van der Waals surface area contributed by atoms with Crippen molar-refractivity contribution in [2.75, 3.05) is 18.8 Å². The number of hydrogen-bond donors (Lipinski definition) is 5. The second-order valence-electron chi connectivity index (χ2n) is 9.57. The van der Waals surface area contributed by atoms with E-state index >= 15 is 0 Å². The van der Waals surface area contributed by atoms with Gasteiger partial charge in [-0.3, -0.25) is 9.79 Å². The minimum atomic E-state index is -0.721. The molecule has 1 fully saturated rings. The Bertz CT molecular complexity index is 1260. The van der Waals surface area contributed by atoms with E-state index < -0.39 is 11.4 Å². The fourth-order valence-corrected chi connectivity index (χ4v) is 4.48. The predicted molar refractivity (Wildman–Crippen MR) is 154 cm³/mol. The quantitative estimate of drug-likeness (QED) is 0.0498. The summed E-state index contributed by atoms with van der Waals surface area (Å²) in [6, 6.07) is 11.6. The number of benzene rings is 2. The third-order valence-electron chi connectivity index (χ3n) is 6.62. The summed E-state index contributed by atoms with van der Waals surface area (Å²) < 4.78 is 14.5. The summed E-state index contributed by atoms with van der Waals surface area (Å²) >= 11 is 4.80. The Hall–Kier alpha value is -3.45. The first-order chi connectivity index (χ1) is 18.3. The molecular formula is C29H34FN5O2S. The van der Waals surface area contributed by atoms with Crippen molar-refractivity contribution in [1.82, 2.24) is 5.32 Å². The van der Waals surface area contributed by atoms with Gasteiger partial charge in [-0.25, -0.2) is 4.39 Å². The monoisotopic (exact) mass is 535 g/mol. The van der Waals surface area contributed by atoms with Gasteiger partial charge in [-0.05, 0) is 79.5 Å². The topological polar surface area (TPSA) is 138 Å². The molecule has 1 atom stereocenters. The Labute approximate surface area is 228 Å². The molecule has 3 rings (SSSR count). The standard InChI is InChI=1S/C29H34FN5O2S/c30-26-15-20(7-8-22(26)16-31)25(6-1-4-24(32)5-2-13-34-19-36)28(38)21-9-10-27(33)23(14-21)17-35-18-29(37)11-3-12-29/h1,6-10,14-15,17,19,24,37-38H,2-5,11-13,18,32-33H2,(H,34,36)/b6-1+,28-25+,35-17?. The molecule has 0 aliphatic heterocycles. The molecule has 0 bridgehead atoms. The number of nitrogens with zero attached hydrogens (tertiary/aromatic N) is 2. The van der Waals surface area contributed by atoms with Crippen molar-refractivity contribution in [3.05, 3.63) is 76.6 Å². The molecule has 0 spiro atoms. The zero-order chi connectivity index (χ0) is 27.5. The summed E-state index contributed by atoms with van der Waals surface area (Å²) in [5.74, 6) is -0.615. The van der Waals surface area contributed by atoms with Crippen molar-refractivity contribution < 1.29 is 14.3 Å². The molecule has 200 valence electrons. The fourth-order valence-electron chi connectivity index (χ4n) is 4.14. The second kappa shape index (κ2) is 13.9. The molecular weight excluding hydrogens is 501 g/mol. The number of rotatable bonds is 13. The number of nitrogens with one attached hydrogen (secondary N) is 1. The van der Waals surface area contributed by atoms with Crippen molar-refractivity contribution in [3.8, 4) is 6.07 Å². The first-order valence-corrected chi connectivity index (χ1v) is 13.1. The average Bonchev–Trinajstić information content (AvgIpc) is 2.89. The van der Waals surface area contributed by atoms with Gasteiger partial charge in [0.2, 0.25) is 6.41 Å². The maximum absolute atomic E-state index is 14.5. The number of nitriles is 1. The average molecular weight is 536 g/mol. The molecule has 1 unspecified atom stereocenters. The molecule has 2 aromatic carbocycles. The van der Waals surface area contributed by atoms with Gasteiger partial charge in [0.25, 0.3) is 0 Å². The summed E-state index contributed by atoms with van der Waals surface area (Å²) in [7, 11) is 0. The molecule has 7 nitrogen and oxygen atoms in total. The van der Waals surface area contributed by atoms with Crippen molar-refractivity contribution in [2.24, 2.45) is 10.7 Å². The number of carbonyl (C=O) groups is 1. The molecule has 1 saturated carbocycles. The lowest BCUT2D eigenvalue weighted by molar-refractivity contribution is -0.109. The van der Waals surface area contributed by atoms with E-state index in [-0.39, 0.29) is 11.6 Å². The highest BCUT2D eigenvalue weighted by molar-refractivity contribution is 7.90.